The van der Waals surface area contributed by atoms with E-state index in [1.54, 1.807) is 6.07 Å². The van der Waals surface area contributed by atoms with Crippen molar-refractivity contribution in [1.29, 1.82) is 0 Å². The van der Waals surface area contributed by atoms with Crippen molar-refractivity contribution in [1.82, 2.24) is 4.98 Å². The smallest absolute Gasteiger partial charge is 0.133 e. The molecular formula is C17H15N3. The molecule has 0 radical (unpaired) electrons. The minimum absolute atomic E-state index is 0.434. The van der Waals surface area contributed by atoms with Gasteiger partial charge in [-0.25, -0.2) is 4.98 Å². The van der Waals surface area contributed by atoms with Crippen LogP contribution >= 0.6 is 0 Å². The van der Waals surface area contributed by atoms with Crippen molar-refractivity contribution in [3.63, 3.8) is 0 Å². The first kappa shape index (κ1) is 12.2. The Labute approximate surface area is 117 Å². The zero-order valence-corrected chi connectivity index (χ0v) is 11.0. The van der Waals surface area contributed by atoms with Crippen LogP contribution in [0.4, 0.5) is 11.6 Å². The summed E-state index contributed by atoms with van der Waals surface area (Å²) in [6.45, 7) is 0. The Morgan fingerprint density at radius 3 is 1.95 bits per heavy atom. The minimum atomic E-state index is 0.434. The SMILES string of the molecule is Nc1ccc(-c2ccccc2-c2ccccc2)c(N)n1. The fourth-order valence-electron chi connectivity index (χ4n) is 2.31. The van der Waals surface area contributed by atoms with Gasteiger partial charge >= 0.3 is 0 Å². The molecule has 0 atom stereocenters. The van der Waals surface area contributed by atoms with E-state index < -0.39 is 0 Å². The maximum absolute atomic E-state index is 6.01. The highest BCUT2D eigenvalue weighted by Crippen LogP contribution is 2.34. The van der Waals surface area contributed by atoms with Crippen molar-refractivity contribution in [3.8, 4) is 22.3 Å². The van der Waals surface area contributed by atoms with Crippen LogP contribution in [0.15, 0.2) is 66.7 Å². The van der Waals surface area contributed by atoms with Gasteiger partial charge in [0.25, 0.3) is 0 Å². The molecule has 98 valence electrons. The summed E-state index contributed by atoms with van der Waals surface area (Å²) in [6.07, 6.45) is 0. The number of hydrogen-bond donors (Lipinski definition) is 2. The van der Waals surface area contributed by atoms with Gasteiger partial charge < -0.3 is 11.5 Å². The van der Waals surface area contributed by atoms with Gasteiger partial charge in [0.2, 0.25) is 0 Å². The average Bonchev–Trinajstić information content (AvgIpc) is 2.48. The van der Waals surface area contributed by atoms with Crippen molar-refractivity contribution >= 4 is 11.6 Å². The van der Waals surface area contributed by atoms with Gasteiger partial charge in [0.15, 0.2) is 0 Å². The van der Waals surface area contributed by atoms with E-state index in [1.807, 2.05) is 42.5 Å². The largest absolute Gasteiger partial charge is 0.384 e. The Morgan fingerprint density at radius 1 is 0.600 bits per heavy atom. The highest BCUT2D eigenvalue weighted by Gasteiger charge is 2.10. The van der Waals surface area contributed by atoms with E-state index in [0.717, 1.165) is 22.3 Å². The Balaban J connectivity index is 2.20. The van der Waals surface area contributed by atoms with Gasteiger partial charge in [0.05, 0.1) is 0 Å². The van der Waals surface area contributed by atoms with Gasteiger partial charge in [-0.2, -0.15) is 0 Å². The van der Waals surface area contributed by atoms with Gasteiger partial charge in [-0.3, -0.25) is 0 Å². The summed E-state index contributed by atoms with van der Waals surface area (Å²) in [7, 11) is 0. The molecule has 2 aromatic carbocycles. The maximum Gasteiger partial charge on any atom is 0.133 e. The molecule has 20 heavy (non-hydrogen) atoms. The first-order valence-electron chi connectivity index (χ1n) is 6.42. The Bertz CT molecular complexity index is 736. The lowest BCUT2D eigenvalue weighted by atomic mass is 9.95. The lowest BCUT2D eigenvalue weighted by Crippen LogP contribution is -1.98. The van der Waals surface area contributed by atoms with Crippen LogP contribution < -0.4 is 11.5 Å². The maximum atomic E-state index is 6.01. The number of benzene rings is 2. The molecule has 3 aromatic rings. The van der Waals surface area contributed by atoms with E-state index in [9.17, 15) is 0 Å². The second-order valence-electron chi connectivity index (χ2n) is 4.58. The van der Waals surface area contributed by atoms with E-state index >= 15 is 0 Å². The summed E-state index contributed by atoms with van der Waals surface area (Å²) >= 11 is 0. The molecule has 3 rings (SSSR count). The predicted octanol–water partition coefficient (Wildman–Crippen LogP) is 3.58. The number of pyridine rings is 1. The first-order valence-corrected chi connectivity index (χ1v) is 6.42. The van der Waals surface area contributed by atoms with E-state index in [0.29, 0.717) is 11.6 Å². The summed E-state index contributed by atoms with van der Waals surface area (Å²) in [5.74, 6) is 0.886. The third kappa shape index (κ3) is 2.21. The molecule has 0 unspecified atom stereocenters. The highest BCUT2D eigenvalue weighted by molar-refractivity contribution is 5.87. The normalized spacial score (nSPS) is 10.4. The van der Waals surface area contributed by atoms with E-state index in [1.165, 1.54) is 0 Å². The third-order valence-electron chi connectivity index (χ3n) is 3.25. The molecule has 1 heterocycles. The molecule has 0 saturated carbocycles. The monoisotopic (exact) mass is 261 g/mol. The number of nitrogens with zero attached hydrogens (tertiary/aromatic N) is 1. The molecular weight excluding hydrogens is 246 g/mol. The van der Waals surface area contributed by atoms with Gasteiger partial charge in [-0.1, -0.05) is 54.6 Å². The lowest BCUT2D eigenvalue weighted by Gasteiger charge is -2.11. The van der Waals surface area contributed by atoms with Gasteiger partial charge in [0, 0.05) is 5.56 Å². The van der Waals surface area contributed by atoms with Crippen molar-refractivity contribution in [2.45, 2.75) is 0 Å². The molecule has 0 fully saturated rings. The number of anilines is 2. The molecule has 1 aromatic heterocycles. The number of hydrogen-bond acceptors (Lipinski definition) is 3. The van der Waals surface area contributed by atoms with Crippen LogP contribution in [-0.2, 0) is 0 Å². The van der Waals surface area contributed by atoms with Crippen LogP contribution in [0.2, 0.25) is 0 Å². The quantitative estimate of drug-likeness (QED) is 0.741. The van der Waals surface area contributed by atoms with Crippen LogP contribution in [0.3, 0.4) is 0 Å². The zero-order chi connectivity index (χ0) is 13.9. The van der Waals surface area contributed by atoms with Crippen molar-refractivity contribution in [2.75, 3.05) is 11.5 Å². The van der Waals surface area contributed by atoms with E-state index in [2.05, 4.69) is 23.2 Å². The number of nitrogens with two attached hydrogens (primary N) is 2. The zero-order valence-electron chi connectivity index (χ0n) is 11.0. The minimum Gasteiger partial charge on any atom is -0.384 e. The molecule has 0 aliphatic heterocycles. The van der Waals surface area contributed by atoms with E-state index in [4.69, 9.17) is 11.5 Å². The predicted molar refractivity (Wildman–Crippen MR) is 83.9 cm³/mol. The van der Waals surface area contributed by atoms with Crippen LogP contribution in [0.5, 0.6) is 0 Å². The summed E-state index contributed by atoms with van der Waals surface area (Å²) in [6, 6.07) is 22.1. The number of rotatable bonds is 2. The van der Waals surface area contributed by atoms with Crippen LogP contribution in [0, 0.1) is 0 Å². The molecule has 0 spiro atoms. The highest BCUT2D eigenvalue weighted by atomic mass is 14.9. The van der Waals surface area contributed by atoms with Crippen LogP contribution in [0.1, 0.15) is 0 Å². The number of nitrogen functional groups attached to an aromatic ring is 2. The van der Waals surface area contributed by atoms with Gasteiger partial charge in [0.1, 0.15) is 11.6 Å². The molecule has 3 nitrogen and oxygen atoms in total. The van der Waals surface area contributed by atoms with E-state index in [-0.39, 0.29) is 0 Å². The Hall–Kier alpha value is -2.81. The third-order valence-corrected chi connectivity index (χ3v) is 3.25. The summed E-state index contributed by atoms with van der Waals surface area (Å²) in [5.41, 5.74) is 15.9. The fraction of sp³-hybridized carbons (Fsp3) is 0. The standard InChI is InChI=1S/C17H15N3/c18-16-11-10-15(17(19)20-16)14-9-5-4-8-13(14)12-6-2-1-3-7-12/h1-11H,(H4,18,19,20). The molecule has 4 N–H and O–H groups in total. The molecule has 0 bridgehead atoms. The van der Waals surface area contributed by atoms with Gasteiger partial charge in [-0.05, 0) is 28.8 Å². The average molecular weight is 261 g/mol. The lowest BCUT2D eigenvalue weighted by molar-refractivity contribution is 1.34. The number of aromatic nitrogens is 1. The van der Waals surface area contributed by atoms with Crippen molar-refractivity contribution < 1.29 is 0 Å². The molecule has 3 heteroatoms. The molecule has 0 amide bonds. The molecule has 0 aliphatic rings. The second kappa shape index (κ2) is 5.05. The molecule has 0 aliphatic carbocycles. The second-order valence-corrected chi connectivity index (χ2v) is 4.58. The molecule has 0 saturated heterocycles. The summed E-state index contributed by atoms with van der Waals surface area (Å²) < 4.78 is 0. The fourth-order valence-corrected chi connectivity index (χ4v) is 2.31. The van der Waals surface area contributed by atoms with Crippen molar-refractivity contribution in [2.24, 2.45) is 0 Å². The van der Waals surface area contributed by atoms with Gasteiger partial charge in [-0.15, -0.1) is 0 Å². The summed E-state index contributed by atoms with van der Waals surface area (Å²) in [5, 5.41) is 0. The van der Waals surface area contributed by atoms with Crippen molar-refractivity contribution in [3.05, 3.63) is 66.7 Å². The Kier molecular flexibility index (Phi) is 3.09. The van der Waals surface area contributed by atoms with Crippen LogP contribution in [-0.4, -0.2) is 4.98 Å². The van der Waals surface area contributed by atoms with Crippen LogP contribution in [0.25, 0.3) is 22.3 Å². The first-order chi connectivity index (χ1) is 9.75. The summed E-state index contributed by atoms with van der Waals surface area (Å²) in [4.78, 5) is 4.14. The topological polar surface area (TPSA) is 64.9 Å². The Morgan fingerprint density at radius 2 is 1.25 bits per heavy atom.